The van der Waals surface area contributed by atoms with E-state index in [-0.39, 0.29) is 6.10 Å². The molecule has 0 aromatic carbocycles. The van der Waals surface area contributed by atoms with Crippen LogP contribution < -0.4 is 0 Å². The maximum atomic E-state index is 6.11. The van der Waals surface area contributed by atoms with Crippen LogP contribution in [0.15, 0.2) is 6.20 Å². The number of nitrogens with zero attached hydrogens (tertiary/aromatic N) is 2. The van der Waals surface area contributed by atoms with Gasteiger partial charge in [0.1, 0.15) is 5.69 Å². The Bertz CT molecular complexity index is 325. The molecule has 0 saturated heterocycles. The summed E-state index contributed by atoms with van der Waals surface area (Å²) in [5.74, 6) is 0. The van der Waals surface area contributed by atoms with Gasteiger partial charge in [0, 0.05) is 12.2 Å². The van der Waals surface area contributed by atoms with Gasteiger partial charge in [-0.25, -0.2) is 0 Å². The van der Waals surface area contributed by atoms with Crippen molar-refractivity contribution in [2.75, 3.05) is 0 Å². The van der Waals surface area contributed by atoms with Gasteiger partial charge in [0.05, 0.1) is 17.7 Å². The molecule has 92 valence electrons. The molecule has 0 unspecified atom stereocenters. The Kier molecular flexibility index (Phi) is 5.29. The highest BCUT2D eigenvalue weighted by Gasteiger charge is 2.11. The third kappa shape index (κ3) is 3.49. The molecule has 0 amide bonds. The summed E-state index contributed by atoms with van der Waals surface area (Å²) in [4.78, 5) is 0. The van der Waals surface area contributed by atoms with Crippen LogP contribution in [0.4, 0.5) is 0 Å². The lowest BCUT2D eigenvalue weighted by molar-refractivity contribution is 0.0485. The van der Waals surface area contributed by atoms with Crippen LogP contribution in [0, 0.1) is 0 Å². The summed E-state index contributed by atoms with van der Waals surface area (Å²) in [6, 6.07) is 0.384. The van der Waals surface area contributed by atoms with Gasteiger partial charge in [-0.15, -0.1) is 0 Å². The molecule has 0 radical (unpaired) electrons. The first-order chi connectivity index (χ1) is 7.58. The minimum absolute atomic E-state index is 0.254. The van der Waals surface area contributed by atoms with Gasteiger partial charge < -0.3 is 4.74 Å². The van der Waals surface area contributed by atoms with Crippen molar-refractivity contribution in [1.82, 2.24) is 9.78 Å². The maximum absolute atomic E-state index is 6.11. The smallest absolute Gasteiger partial charge is 0.107 e. The van der Waals surface area contributed by atoms with Crippen molar-refractivity contribution < 1.29 is 4.74 Å². The lowest BCUT2D eigenvalue weighted by Gasteiger charge is -2.10. The average molecular weight is 245 g/mol. The van der Waals surface area contributed by atoms with E-state index < -0.39 is 0 Å². The van der Waals surface area contributed by atoms with Gasteiger partial charge in [0.25, 0.3) is 0 Å². The Balaban J connectivity index is 2.63. The minimum atomic E-state index is 0.254. The molecule has 0 aliphatic carbocycles. The van der Waals surface area contributed by atoms with Crippen LogP contribution in [0.3, 0.4) is 0 Å². The Morgan fingerprint density at radius 3 is 2.62 bits per heavy atom. The minimum Gasteiger partial charge on any atom is -0.372 e. The third-order valence-electron chi connectivity index (χ3n) is 2.88. The van der Waals surface area contributed by atoms with E-state index in [0.29, 0.717) is 17.7 Å². The van der Waals surface area contributed by atoms with Gasteiger partial charge in [0.2, 0.25) is 0 Å². The number of hydrogen-bond donors (Lipinski definition) is 0. The molecule has 0 N–H and O–H groups in total. The van der Waals surface area contributed by atoms with E-state index in [1.165, 1.54) is 0 Å². The van der Waals surface area contributed by atoms with Crippen molar-refractivity contribution in [2.24, 2.45) is 0 Å². The summed E-state index contributed by atoms with van der Waals surface area (Å²) in [5, 5.41) is 5.14. The number of rotatable bonds is 6. The van der Waals surface area contributed by atoms with E-state index in [4.69, 9.17) is 16.3 Å². The van der Waals surface area contributed by atoms with E-state index in [9.17, 15) is 0 Å². The molecule has 2 atom stereocenters. The standard InChI is InChI=1S/C12H21ClN2O/c1-5-9(3)15-7-11(13)12(14-15)8-16-10(4)6-2/h7,9-10H,5-6,8H2,1-4H3/t9-,10-/m1/s1. The second-order valence-corrected chi connectivity index (χ2v) is 4.60. The van der Waals surface area contributed by atoms with E-state index >= 15 is 0 Å². The van der Waals surface area contributed by atoms with Gasteiger partial charge in [-0.05, 0) is 26.7 Å². The van der Waals surface area contributed by atoms with Crippen molar-refractivity contribution >= 4 is 11.6 Å². The first kappa shape index (κ1) is 13.5. The van der Waals surface area contributed by atoms with Gasteiger partial charge in [-0.3, -0.25) is 4.68 Å². The van der Waals surface area contributed by atoms with Gasteiger partial charge in [-0.2, -0.15) is 5.10 Å². The van der Waals surface area contributed by atoms with Crippen LogP contribution in [0.5, 0.6) is 0 Å². The molecular formula is C12H21ClN2O. The predicted octanol–water partition coefficient (Wildman–Crippen LogP) is 3.82. The SMILES string of the molecule is CC[C@@H](C)OCc1nn([C@H](C)CC)cc1Cl. The highest BCUT2D eigenvalue weighted by atomic mass is 35.5. The molecule has 0 bridgehead atoms. The van der Waals surface area contributed by atoms with E-state index in [2.05, 4.69) is 32.8 Å². The molecular weight excluding hydrogens is 224 g/mol. The zero-order chi connectivity index (χ0) is 12.1. The monoisotopic (exact) mass is 244 g/mol. The number of aromatic nitrogens is 2. The van der Waals surface area contributed by atoms with Crippen molar-refractivity contribution in [1.29, 1.82) is 0 Å². The lowest BCUT2D eigenvalue weighted by atomic mass is 10.3. The molecule has 0 spiro atoms. The molecule has 1 aromatic heterocycles. The van der Waals surface area contributed by atoms with Crippen molar-refractivity contribution in [3.63, 3.8) is 0 Å². The molecule has 16 heavy (non-hydrogen) atoms. The van der Waals surface area contributed by atoms with Gasteiger partial charge in [0.15, 0.2) is 0 Å². The zero-order valence-corrected chi connectivity index (χ0v) is 11.3. The molecule has 0 aliphatic rings. The Labute approximate surface area is 103 Å². The highest BCUT2D eigenvalue weighted by Crippen LogP contribution is 2.19. The summed E-state index contributed by atoms with van der Waals surface area (Å²) in [6.45, 7) is 8.92. The average Bonchev–Trinajstić information content (AvgIpc) is 2.66. The van der Waals surface area contributed by atoms with Crippen LogP contribution in [0.1, 0.15) is 52.3 Å². The fourth-order valence-electron chi connectivity index (χ4n) is 1.26. The van der Waals surface area contributed by atoms with Crippen molar-refractivity contribution in [3.8, 4) is 0 Å². The second-order valence-electron chi connectivity index (χ2n) is 4.19. The molecule has 1 heterocycles. The normalized spacial score (nSPS) is 15.1. The molecule has 1 aromatic rings. The summed E-state index contributed by atoms with van der Waals surface area (Å²) in [6.07, 6.45) is 4.18. The fraction of sp³-hybridized carbons (Fsp3) is 0.750. The first-order valence-electron chi connectivity index (χ1n) is 5.93. The molecule has 4 heteroatoms. The third-order valence-corrected chi connectivity index (χ3v) is 3.20. The summed E-state index contributed by atoms with van der Waals surface area (Å²) in [7, 11) is 0. The first-order valence-corrected chi connectivity index (χ1v) is 6.31. The van der Waals surface area contributed by atoms with Crippen molar-refractivity contribution in [3.05, 3.63) is 16.9 Å². The van der Waals surface area contributed by atoms with Crippen LogP contribution in [-0.4, -0.2) is 15.9 Å². The highest BCUT2D eigenvalue weighted by molar-refractivity contribution is 6.31. The topological polar surface area (TPSA) is 27.1 Å². The zero-order valence-electron chi connectivity index (χ0n) is 10.5. The summed E-state index contributed by atoms with van der Waals surface area (Å²) < 4.78 is 7.54. The second kappa shape index (κ2) is 6.26. The largest absolute Gasteiger partial charge is 0.372 e. The molecule has 0 aliphatic heterocycles. The molecule has 1 rings (SSSR count). The maximum Gasteiger partial charge on any atom is 0.107 e. The quantitative estimate of drug-likeness (QED) is 0.761. The van der Waals surface area contributed by atoms with E-state index in [1.54, 1.807) is 0 Å². The van der Waals surface area contributed by atoms with Gasteiger partial charge >= 0.3 is 0 Å². The van der Waals surface area contributed by atoms with Crippen LogP contribution in [0.2, 0.25) is 5.02 Å². The fourth-order valence-corrected chi connectivity index (χ4v) is 1.45. The summed E-state index contributed by atoms with van der Waals surface area (Å²) >= 11 is 6.11. The predicted molar refractivity (Wildman–Crippen MR) is 66.8 cm³/mol. The number of ether oxygens (including phenoxy) is 1. The number of halogens is 1. The molecule has 0 fully saturated rings. The van der Waals surface area contributed by atoms with Crippen LogP contribution in [0.25, 0.3) is 0 Å². The van der Waals surface area contributed by atoms with E-state index in [0.717, 1.165) is 18.5 Å². The summed E-state index contributed by atoms with van der Waals surface area (Å²) in [5.41, 5.74) is 0.835. The molecule has 0 saturated carbocycles. The Morgan fingerprint density at radius 1 is 1.38 bits per heavy atom. The Morgan fingerprint density at radius 2 is 2.06 bits per heavy atom. The van der Waals surface area contributed by atoms with Crippen molar-refractivity contribution in [2.45, 2.75) is 59.3 Å². The molecule has 3 nitrogen and oxygen atoms in total. The van der Waals surface area contributed by atoms with Gasteiger partial charge in [-0.1, -0.05) is 25.4 Å². The van der Waals surface area contributed by atoms with E-state index in [1.807, 2.05) is 10.9 Å². The Hall–Kier alpha value is -0.540. The van der Waals surface area contributed by atoms with Crippen LogP contribution >= 0.6 is 11.6 Å². The van der Waals surface area contributed by atoms with Crippen LogP contribution in [-0.2, 0) is 11.3 Å². The number of hydrogen-bond acceptors (Lipinski definition) is 2. The lowest BCUT2D eigenvalue weighted by Crippen LogP contribution is -2.08.